The standard InChI is InChI=1S/C11H22N4O11P2/c1-5(12)11(13)2-3-15(10(18)14-11)9-8(17)7(16)6(25-9)4-24-28(22,23)26-27(19,20)21/h2-3,5-9,16-17H,4,12-13H2,1H3,(H,14,18)(H,22,23)(H2,19,20,21)/t5?,6-,7-,8-,9-,11?/m1/s1. The summed E-state index contributed by atoms with van der Waals surface area (Å²) < 4.78 is 35.3. The number of carbonyl (C=O) groups excluding carboxylic acids is 1. The molecule has 0 aromatic heterocycles. The first kappa shape index (κ1) is 23.3. The molecule has 10 N–H and O–H groups in total. The lowest BCUT2D eigenvalue weighted by Gasteiger charge is -2.39. The second-order valence-corrected chi connectivity index (χ2v) is 9.09. The molecule has 0 aliphatic carbocycles. The van der Waals surface area contributed by atoms with Crippen molar-refractivity contribution in [3.05, 3.63) is 12.3 Å². The van der Waals surface area contributed by atoms with Gasteiger partial charge in [-0.3, -0.25) is 9.42 Å². The number of aliphatic hydroxyl groups is 2. The topological polar surface area (TPSA) is 247 Å². The van der Waals surface area contributed by atoms with Gasteiger partial charge < -0.3 is 46.4 Å². The fourth-order valence-electron chi connectivity index (χ4n) is 2.45. The van der Waals surface area contributed by atoms with Crippen LogP contribution in [0.4, 0.5) is 4.79 Å². The van der Waals surface area contributed by atoms with E-state index in [4.69, 9.17) is 26.0 Å². The summed E-state index contributed by atoms with van der Waals surface area (Å²) in [4.78, 5) is 39.5. The van der Waals surface area contributed by atoms with Crippen LogP contribution in [0.15, 0.2) is 12.3 Å². The number of urea groups is 1. The summed E-state index contributed by atoms with van der Waals surface area (Å²) in [6, 6.07) is -1.44. The highest BCUT2D eigenvalue weighted by Gasteiger charge is 2.49. The lowest BCUT2D eigenvalue weighted by Crippen LogP contribution is -2.69. The molecule has 2 heterocycles. The normalized spacial score (nSPS) is 36.9. The van der Waals surface area contributed by atoms with Crippen molar-refractivity contribution >= 4 is 21.7 Å². The molecular formula is C11H22N4O11P2. The monoisotopic (exact) mass is 448 g/mol. The summed E-state index contributed by atoms with van der Waals surface area (Å²) in [6.45, 7) is 0.674. The molecule has 0 radical (unpaired) electrons. The number of rotatable bonds is 7. The van der Waals surface area contributed by atoms with Crippen LogP contribution in [0.1, 0.15) is 6.92 Å². The molecule has 2 aliphatic heterocycles. The van der Waals surface area contributed by atoms with Crippen LogP contribution < -0.4 is 16.8 Å². The second kappa shape index (κ2) is 8.07. The maximum absolute atomic E-state index is 12.3. The van der Waals surface area contributed by atoms with E-state index in [0.717, 1.165) is 4.90 Å². The molecule has 0 spiro atoms. The van der Waals surface area contributed by atoms with Crippen LogP contribution >= 0.6 is 15.6 Å². The molecule has 3 unspecified atom stereocenters. The number of nitrogens with zero attached hydrogens (tertiary/aromatic N) is 1. The SMILES string of the molecule is CC(N)C1(N)C=CN([C@@H]2O[C@H](COP(=O)(O)OP(=O)(O)O)[C@@H](O)[C@H]2O)C(=O)N1. The van der Waals surface area contributed by atoms with Gasteiger partial charge in [-0.05, 0) is 13.0 Å². The number of phosphoric acid groups is 2. The number of carbonyl (C=O) groups is 1. The van der Waals surface area contributed by atoms with Crippen molar-refractivity contribution in [2.75, 3.05) is 6.61 Å². The highest BCUT2D eigenvalue weighted by Crippen LogP contribution is 2.57. The molecule has 28 heavy (non-hydrogen) atoms. The van der Waals surface area contributed by atoms with E-state index in [2.05, 4.69) is 14.2 Å². The van der Waals surface area contributed by atoms with Gasteiger partial charge in [-0.1, -0.05) is 0 Å². The Morgan fingerprint density at radius 2 is 1.96 bits per heavy atom. The molecule has 0 bridgehead atoms. The van der Waals surface area contributed by atoms with Gasteiger partial charge in [0.05, 0.1) is 6.61 Å². The van der Waals surface area contributed by atoms with Crippen molar-refractivity contribution in [3.8, 4) is 0 Å². The minimum Gasteiger partial charge on any atom is -0.387 e. The highest BCUT2D eigenvalue weighted by molar-refractivity contribution is 7.60. The van der Waals surface area contributed by atoms with Crippen molar-refractivity contribution in [2.45, 2.75) is 43.2 Å². The Morgan fingerprint density at radius 3 is 2.46 bits per heavy atom. The van der Waals surface area contributed by atoms with Gasteiger partial charge >= 0.3 is 21.7 Å². The predicted octanol–water partition coefficient (Wildman–Crippen LogP) is -2.80. The van der Waals surface area contributed by atoms with Gasteiger partial charge in [0.1, 0.15) is 24.0 Å². The van der Waals surface area contributed by atoms with E-state index in [-0.39, 0.29) is 0 Å². The number of aliphatic hydroxyl groups excluding tert-OH is 2. The van der Waals surface area contributed by atoms with E-state index in [1.807, 2.05) is 0 Å². The second-order valence-electron chi connectivity index (χ2n) is 6.26. The van der Waals surface area contributed by atoms with Crippen molar-refractivity contribution in [3.63, 3.8) is 0 Å². The number of ether oxygens (including phenoxy) is 1. The number of nitrogens with one attached hydrogen (secondary N) is 1. The number of hydrogen-bond acceptors (Lipinski definition) is 10. The number of phosphoric ester groups is 1. The average Bonchev–Trinajstić information content (AvgIpc) is 2.79. The van der Waals surface area contributed by atoms with Crippen LogP contribution in [0.2, 0.25) is 0 Å². The third kappa shape index (κ3) is 5.36. The number of nitrogens with two attached hydrogens (primary N) is 2. The lowest BCUT2D eigenvalue weighted by atomic mass is 10.0. The number of hydrogen-bond donors (Lipinski definition) is 8. The summed E-state index contributed by atoms with van der Waals surface area (Å²) >= 11 is 0. The molecule has 15 nitrogen and oxygen atoms in total. The van der Waals surface area contributed by atoms with Gasteiger partial charge in [-0.2, -0.15) is 4.31 Å². The largest absolute Gasteiger partial charge is 0.481 e. The Kier molecular flexibility index (Phi) is 6.73. The maximum atomic E-state index is 12.3. The van der Waals surface area contributed by atoms with Gasteiger partial charge in [-0.25, -0.2) is 13.9 Å². The first-order valence-electron chi connectivity index (χ1n) is 7.75. The summed E-state index contributed by atoms with van der Waals surface area (Å²) in [7, 11) is -10.5. The molecular weight excluding hydrogens is 426 g/mol. The summed E-state index contributed by atoms with van der Waals surface area (Å²) in [5.74, 6) is 0. The highest BCUT2D eigenvalue weighted by atomic mass is 31.3. The van der Waals surface area contributed by atoms with Crippen LogP contribution in [-0.4, -0.2) is 78.7 Å². The molecule has 1 saturated heterocycles. The fourth-order valence-corrected chi connectivity index (χ4v) is 4.05. The predicted molar refractivity (Wildman–Crippen MR) is 89.7 cm³/mol. The third-order valence-electron chi connectivity index (χ3n) is 4.05. The molecule has 0 saturated carbocycles. The molecule has 17 heteroatoms. The minimum atomic E-state index is -5.32. The van der Waals surface area contributed by atoms with Gasteiger partial charge in [0.15, 0.2) is 6.23 Å². The average molecular weight is 448 g/mol. The molecule has 2 aliphatic rings. The van der Waals surface area contributed by atoms with Gasteiger partial charge in [-0.15, -0.1) is 0 Å². The van der Waals surface area contributed by atoms with E-state index in [1.54, 1.807) is 6.92 Å². The molecule has 7 atom stereocenters. The molecule has 0 aromatic carbocycles. The molecule has 1 fully saturated rings. The van der Waals surface area contributed by atoms with Gasteiger partial charge in [0.2, 0.25) is 0 Å². The van der Waals surface area contributed by atoms with E-state index < -0.39 is 64.5 Å². The summed E-state index contributed by atoms with van der Waals surface area (Å²) in [5, 5.41) is 22.6. The van der Waals surface area contributed by atoms with Crippen LogP contribution in [-0.2, 0) is 22.7 Å². The fraction of sp³-hybridized carbons (Fsp3) is 0.727. The van der Waals surface area contributed by atoms with Crippen LogP contribution in [0.25, 0.3) is 0 Å². The Hall–Kier alpha value is -0.930. The number of amides is 2. The Balaban J connectivity index is 2.06. The Bertz CT molecular complexity index is 729. The van der Waals surface area contributed by atoms with Gasteiger partial charge in [0, 0.05) is 12.2 Å². The smallest absolute Gasteiger partial charge is 0.387 e. The van der Waals surface area contributed by atoms with Crippen molar-refractivity contribution in [2.24, 2.45) is 11.5 Å². The van der Waals surface area contributed by atoms with Crippen molar-refractivity contribution in [1.29, 1.82) is 0 Å². The molecule has 162 valence electrons. The van der Waals surface area contributed by atoms with Crippen molar-refractivity contribution in [1.82, 2.24) is 10.2 Å². The van der Waals surface area contributed by atoms with E-state index in [1.165, 1.54) is 12.3 Å². The summed E-state index contributed by atoms with van der Waals surface area (Å²) in [5.41, 5.74) is 10.3. The molecule has 2 rings (SSSR count). The van der Waals surface area contributed by atoms with Crippen LogP contribution in [0.3, 0.4) is 0 Å². The minimum absolute atomic E-state index is 0.649. The maximum Gasteiger partial charge on any atom is 0.481 e. The van der Waals surface area contributed by atoms with Crippen molar-refractivity contribution < 1.29 is 52.4 Å². The zero-order valence-electron chi connectivity index (χ0n) is 14.4. The molecule has 2 amide bonds. The zero-order valence-corrected chi connectivity index (χ0v) is 16.2. The Labute approximate surface area is 158 Å². The summed E-state index contributed by atoms with van der Waals surface area (Å²) in [6.07, 6.45) is -3.62. The first-order chi connectivity index (χ1) is 12.7. The Morgan fingerprint density at radius 1 is 1.36 bits per heavy atom. The van der Waals surface area contributed by atoms with E-state index in [0.29, 0.717) is 0 Å². The van der Waals surface area contributed by atoms with Crippen LogP contribution in [0, 0.1) is 0 Å². The van der Waals surface area contributed by atoms with E-state index in [9.17, 15) is 29.0 Å². The van der Waals surface area contributed by atoms with E-state index >= 15 is 0 Å². The molecule has 0 aromatic rings. The quantitative estimate of drug-likeness (QED) is 0.184. The van der Waals surface area contributed by atoms with Crippen LogP contribution in [0.5, 0.6) is 0 Å². The zero-order chi connectivity index (χ0) is 21.5. The third-order valence-corrected chi connectivity index (χ3v) is 6.20. The lowest BCUT2D eigenvalue weighted by molar-refractivity contribution is -0.0664. The van der Waals surface area contributed by atoms with Gasteiger partial charge in [0.25, 0.3) is 0 Å². The first-order valence-corrected chi connectivity index (χ1v) is 10.8.